The Labute approximate surface area is 180 Å². The van der Waals surface area contributed by atoms with E-state index in [1.165, 1.54) is 57.8 Å². The van der Waals surface area contributed by atoms with Gasteiger partial charge in [0.15, 0.2) is 0 Å². The Morgan fingerprint density at radius 2 is 1.55 bits per heavy atom. The highest BCUT2D eigenvalue weighted by Gasteiger charge is 2.61. The van der Waals surface area contributed by atoms with E-state index in [1.54, 1.807) is 0 Å². The molecule has 2 heteroatoms. The summed E-state index contributed by atoms with van der Waals surface area (Å²) >= 11 is 0. The van der Waals surface area contributed by atoms with E-state index in [4.69, 9.17) is 5.73 Å². The van der Waals surface area contributed by atoms with Crippen LogP contribution in [0.5, 0.6) is 0 Å². The van der Waals surface area contributed by atoms with Crippen LogP contribution in [0.25, 0.3) is 0 Å². The molecule has 4 rings (SSSR count). The molecule has 2 nitrogen and oxygen atoms in total. The van der Waals surface area contributed by atoms with Gasteiger partial charge in [-0.2, -0.15) is 0 Å². The van der Waals surface area contributed by atoms with Crippen molar-refractivity contribution in [2.24, 2.45) is 58.0 Å². The van der Waals surface area contributed by atoms with Crippen molar-refractivity contribution < 1.29 is 5.11 Å². The quantitative estimate of drug-likeness (QED) is 0.557. The number of rotatable bonds is 5. The van der Waals surface area contributed by atoms with E-state index in [9.17, 15) is 5.11 Å². The second kappa shape index (κ2) is 8.12. The van der Waals surface area contributed by atoms with Gasteiger partial charge in [-0.3, -0.25) is 0 Å². The summed E-state index contributed by atoms with van der Waals surface area (Å²) in [7, 11) is 0. The van der Waals surface area contributed by atoms with Gasteiger partial charge in [0.2, 0.25) is 0 Å². The van der Waals surface area contributed by atoms with Gasteiger partial charge in [-0.1, -0.05) is 53.9 Å². The van der Waals surface area contributed by atoms with E-state index in [0.29, 0.717) is 22.8 Å². The van der Waals surface area contributed by atoms with Crippen molar-refractivity contribution in [1.29, 1.82) is 0 Å². The lowest BCUT2D eigenvalue weighted by atomic mass is 9.43. The number of fused-ring (bicyclic) bond motifs is 5. The number of aliphatic hydroxyl groups excluding tert-OH is 1. The van der Waals surface area contributed by atoms with Gasteiger partial charge in [-0.15, -0.1) is 0 Å². The van der Waals surface area contributed by atoms with Crippen LogP contribution in [0.2, 0.25) is 0 Å². The van der Waals surface area contributed by atoms with Crippen LogP contribution in [0.4, 0.5) is 0 Å². The van der Waals surface area contributed by atoms with Crippen molar-refractivity contribution in [3.63, 3.8) is 0 Å². The second-order valence-electron chi connectivity index (χ2n) is 12.8. The molecule has 0 aromatic heterocycles. The van der Waals surface area contributed by atoms with Crippen LogP contribution < -0.4 is 5.73 Å². The third kappa shape index (κ3) is 3.73. The zero-order valence-corrected chi connectivity index (χ0v) is 20.0. The predicted octanol–water partition coefficient (Wildman–Crippen LogP) is 6.41. The molecular weight excluding hydrogens is 354 g/mol. The summed E-state index contributed by atoms with van der Waals surface area (Å²) in [6.45, 7) is 12.5. The van der Waals surface area contributed by atoms with Crippen molar-refractivity contribution in [2.45, 2.75) is 117 Å². The minimum absolute atomic E-state index is 0.105. The van der Waals surface area contributed by atoms with E-state index in [0.717, 1.165) is 48.3 Å². The molecule has 4 aliphatic carbocycles. The molecule has 0 aromatic rings. The lowest BCUT2D eigenvalue weighted by molar-refractivity contribution is -0.136. The summed E-state index contributed by atoms with van der Waals surface area (Å²) in [6, 6.07) is 0.307. The van der Waals surface area contributed by atoms with Crippen LogP contribution in [0.1, 0.15) is 105 Å². The Kier molecular flexibility index (Phi) is 6.19. The topological polar surface area (TPSA) is 46.2 Å². The fourth-order valence-electron chi connectivity index (χ4n) is 9.41. The molecule has 0 aliphatic heterocycles. The van der Waals surface area contributed by atoms with Crippen molar-refractivity contribution in [3.8, 4) is 0 Å². The van der Waals surface area contributed by atoms with E-state index in [-0.39, 0.29) is 6.10 Å². The van der Waals surface area contributed by atoms with Gasteiger partial charge in [-0.25, -0.2) is 0 Å². The van der Waals surface area contributed by atoms with E-state index in [1.807, 2.05) is 0 Å². The molecule has 0 spiro atoms. The van der Waals surface area contributed by atoms with Gasteiger partial charge in [0.05, 0.1) is 6.10 Å². The molecule has 10 atom stereocenters. The van der Waals surface area contributed by atoms with E-state index >= 15 is 0 Å². The second-order valence-corrected chi connectivity index (χ2v) is 12.8. The average Bonchev–Trinajstić information content (AvgIpc) is 3.00. The molecule has 4 aliphatic rings. The molecule has 0 aromatic carbocycles. The zero-order valence-electron chi connectivity index (χ0n) is 20.0. The molecule has 4 fully saturated rings. The minimum Gasteiger partial charge on any atom is -0.393 e. The zero-order chi connectivity index (χ0) is 21.0. The fourth-order valence-corrected chi connectivity index (χ4v) is 9.41. The van der Waals surface area contributed by atoms with Crippen molar-refractivity contribution in [2.75, 3.05) is 0 Å². The summed E-state index contributed by atoms with van der Waals surface area (Å²) in [4.78, 5) is 0. The third-order valence-electron chi connectivity index (χ3n) is 10.9. The molecule has 0 saturated heterocycles. The molecule has 4 saturated carbocycles. The third-order valence-corrected chi connectivity index (χ3v) is 10.9. The Balaban J connectivity index is 1.50. The van der Waals surface area contributed by atoms with Crippen LogP contribution in [0.15, 0.2) is 0 Å². The lowest BCUT2D eigenvalue weighted by Crippen LogP contribution is -2.60. The summed E-state index contributed by atoms with van der Waals surface area (Å²) in [5.74, 6) is 5.79. The molecule has 4 unspecified atom stereocenters. The van der Waals surface area contributed by atoms with Gasteiger partial charge in [0, 0.05) is 6.04 Å². The highest BCUT2D eigenvalue weighted by Crippen LogP contribution is 2.68. The number of nitrogens with two attached hydrogens (primary N) is 1. The molecular formula is C27H49NO. The van der Waals surface area contributed by atoms with Crippen molar-refractivity contribution in [1.82, 2.24) is 0 Å². The summed E-state index contributed by atoms with van der Waals surface area (Å²) in [5.41, 5.74) is 7.78. The Hall–Kier alpha value is -0.0800. The Morgan fingerprint density at radius 1 is 0.862 bits per heavy atom. The van der Waals surface area contributed by atoms with Gasteiger partial charge in [-0.05, 0) is 104 Å². The SMILES string of the molecule is CC(C)CCCC(C)[C@H]1CCC2C3C[C@@H](N)[C@H]4C[C@@H](O)CC[C@]4(C)C3CC[C@@]21C. The fraction of sp³-hybridized carbons (Fsp3) is 1.00. The Bertz CT molecular complexity index is 575. The Morgan fingerprint density at radius 3 is 2.28 bits per heavy atom. The number of hydrogen-bond acceptors (Lipinski definition) is 2. The molecule has 168 valence electrons. The average molecular weight is 404 g/mol. The maximum Gasteiger partial charge on any atom is 0.0543 e. The molecule has 0 radical (unpaired) electrons. The lowest BCUT2D eigenvalue weighted by Gasteiger charge is -2.62. The van der Waals surface area contributed by atoms with Crippen LogP contribution in [0.3, 0.4) is 0 Å². The van der Waals surface area contributed by atoms with Crippen LogP contribution in [0, 0.1) is 52.3 Å². The van der Waals surface area contributed by atoms with Crippen LogP contribution in [-0.4, -0.2) is 17.3 Å². The standard InChI is InChI=1S/C27H49NO/c1-17(2)7-6-8-18(3)21-9-10-22-20-16-25(28)24-15-19(29)11-13-27(24,5)23(20)12-14-26(21,22)4/h17-25,29H,6-16,28H2,1-5H3/t18?,19-,20?,21+,22?,23?,24+,25+,26+,27+/m0/s1. The van der Waals surface area contributed by atoms with Gasteiger partial charge in [0.25, 0.3) is 0 Å². The van der Waals surface area contributed by atoms with E-state index < -0.39 is 0 Å². The monoisotopic (exact) mass is 403 g/mol. The first-order chi connectivity index (χ1) is 13.7. The van der Waals surface area contributed by atoms with Crippen molar-refractivity contribution in [3.05, 3.63) is 0 Å². The maximum absolute atomic E-state index is 10.3. The molecule has 29 heavy (non-hydrogen) atoms. The first-order valence-electron chi connectivity index (χ1n) is 13.1. The first kappa shape index (κ1) is 22.1. The number of hydrogen-bond donors (Lipinski definition) is 2. The summed E-state index contributed by atoms with van der Waals surface area (Å²) < 4.78 is 0. The normalized spacial score (nSPS) is 50.7. The minimum atomic E-state index is -0.105. The summed E-state index contributed by atoms with van der Waals surface area (Å²) in [6.07, 6.45) is 14.3. The summed E-state index contributed by atoms with van der Waals surface area (Å²) in [5, 5.41) is 10.3. The molecule has 0 heterocycles. The van der Waals surface area contributed by atoms with Crippen molar-refractivity contribution >= 4 is 0 Å². The highest BCUT2D eigenvalue weighted by molar-refractivity contribution is 5.12. The molecule has 3 N–H and O–H groups in total. The highest BCUT2D eigenvalue weighted by atomic mass is 16.3. The maximum atomic E-state index is 10.3. The molecule has 0 amide bonds. The molecule has 0 bridgehead atoms. The van der Waals surface area contributed by atoms with E-state index in [2.05, 4.69) is 34.6 Å². The predicted molar refractivity (Wildman–Crippen MR) is 122 cm³/mol. The van der Waals surface area contributed by atoms with Gasteiger partial charge < -0.3 is 10.8 Å². The van der Waals surface area contributed by atoms with Crippen LogP contribution >= 0.6 is 0 Å². The smallest absolute Gasteiger partial charge is 0.0543 e. The number of aliphatic hydroxyl groups is 1. The van der Waals surface area contributed by atoms with Crippen LogP contribution in [-0.2, 0) is 0 Å². The largest absolute Gasteiger partial charge is 0.393 e. The van der Waals surface area contributed by atoms with Gasteiger partial charge in [0.1, 0.15) is 0 Å². The van der Waals surface area contributed by atoms with Gasteiger partial charge >= 0.3 is 0 Å². The first-order valence-corrected chi connectivity index (χ1v) is 13.1.